The molecule has 0 unspecified atom stereocenters. The fourth-order valence-electron chi connectivity index (χ4n) is 3.82. The summed E-state index contributed by atoms with van der Waals surface area (Å²) in [5.41, 5.74) is 0. The van der Waals surface area contributed by atoms with Gasteiger partial charge in [-0.3, -0.25) is 0 Å². The third-order valence-corrected chi connectivity index (χ3v) is 5.68. The number of carbonyl (C=O) groups excluding carboxylic acids is 1. The van der Waals surface area contributed by atoms with Crippen molar-refractivity contribution in [3.05, 3.63) is 25.0 Å². The number of hydrogen-bond acceptors (Lipinski definition) is 2. The Hall–Kier alpha value is -1.05. The normalized spacial score (nSPS) is 11.2. The average Bonchev–Trinajstić information content (AvgIpc) is 2.72. The summed E-state index contributed by atoms with van der Waals surface area (Å²) in [5, 5.41) is 0. The molecule has 0 amide bonds. The molecular formula is C27H50O2. The van der Waals surface area contributed by atoms with E-state index in [-0.39, 0.29) is 5.97 Å². The molecule has 0 aromatic rings. The van der Waals surface area contributed by atoms with Crippen LogP contribution in [0, 0.1) is 0 Å². The van der Waals surface area contributed by atoms with Crippen molar-refractivity contribution in [1.29, 1.82) is 0 Å². The lowest BCUT2D eigenvalue weighted by Gasteiger charge is -2.04. The van der Waals surface area contributed by atoms with E-state index in [0.717, 1.165) is 12.8 Å². The molecule has 0 aliphatic heterocycles. The molecule has 2 nitrogen and oxygen atoms in total. The maximum absolute atomic E-state index is 11.1. The quantitative estimate of drug-likeness (QED) is 0.0730. The number of unbranched alkanes of at least 4 members (excludes halogenated alkanes) is 20. The lowest BCUT2D eigenvalue weighted by atomic mass is 10.0. The van der Waals surface area contributed by atoms with Crippen LogP contribution in [0.4, 0.5) is 0 Å². The van der Waals surface area contributed by atoms with Crippen LogP contribution in [0.5, 0.6) is 0 Å². The summed E-state index contributed by atoms with van der Waals surface area (Å²) in [5.74, 6) is -0.326. The van der Waals surface area contributed by atoms with Crippen LogP contribution in [0.1, 0.15) is 142 Å². The van der Waals surface area contributed by atoms with E-state index in [1.807, 2.05) is 6.08 Å². The summed E-state index contributed by atoms with van der Waals surface area (Å²) in [4.78, 5) is 11.1. The van der Waals surface area contributed by atoms with Gasteiger partial charge in [-0.2, -0.15) is 0 Å². The van der Waals surface area contributed by atoms with Gasteiger partial charge in [-0.1, -0.05) is 142 Å². The third-order valence-electron chi connectivity index (χ3n) is 5.68. The van der Waals surface area contributed by atoms with Crippen LogP contribution >= 0.6 is 0 Å². The van der Waals surface area contributed by atoms with E-state index >= 15 is 0 Å². The SMILES string of the molecule is C=COC(=O)C=CCCCCCCCCCCCCCCCCCCCCCC. The summed E-state index contributed by atoms with van der Waals surface area (Å²) >= 11 is 0. The van der Waals surface area contributed by atoms with Gasteiger partial charge >= 0.3 is 5.97 Å². The number of carbonyl (C=O) groups is 1. The Kier molecular flexibility index (Phi) is 24.1. The Morgan fingerprint density at radius 1 is 0.621 bits per heavy atom. The molecule has 0 saturated heterocycles. The second kappa shape index (κ2) is 25.0. The van der Waals surface area contributed by atoms with E-state index in [2.05, 4.69) is 18.2 Å². The maximum Gasteiger partial charge on any atom is 0.335 e. The zero-order valence-electron chi connectivity index (χ0n) is 19.6. The summed E-state index contributed by atoms with van der Waals surface area (Å²) in [7, 11) is 0. The highest BCUT2D eigenvalue weighted by Gasteiger charge is 1.96. The van der Waals surface area contributed by atoms with Crippen LogP contribution in [0.15, 0.2) is 25.0 Å². The molecule has 0 radical (unpaired) electrons. The van der Waals surface area contributed by atoms with Gasteiger partial charge in [0.2, 0.25) is 0 Å². The Labute approximate surface area is 182 Å². The fraction of sp³-hybridized carbons (Fsp3) is 0.815. The maximum atomic E-state index is 11.1. The van der Waals surface area contributed by atoms with Crippen molar-refractivity contribution in [2.45, 2.75) is 142 Å². The van der Waals surface area contributed by atoms with Crippen molar-refractivity contribution >= 4 is 5.97 Å². The summed E-state index contributed by atoms with van der Waals surface area (Å²) in [6, 6.07) is 0. The zero-order valence-corrected chi connectivity index (χ0v) is 19.6. The molecule has 0 rings (SSSR count). The van der Waals surface area contributed by atoms with Crippen LogP contribution in [-0.4, -0.2) is 5.97 Å². The standard InChI is InChI=1S/C27H50O2/c1-3-5-6-7-8-9-10-11-12-13-14-15-16-17-18-19-20-21-22-23-24-25-26-27(28)29-4-2/h4,25-26H,2-3,5-24H2,1H3. The highest BCUT2D eigenvalue weighted by Crippen LogP contribution is 2.15. The number of esters is 1. The fourth-order valence-corrected chi connectivity index (χ4v) is 3.82. The Morgan fingerprint density at radius 2 is 0.966 bits per heavy atom. The summed E-state index contributed by atoms with van der Waals surface area (Å²) < 4.78 is 4.63. The lowest BCUT2D eigenvalue weighted by molar-refractivity contribution is -0.132. The van der Waals surface area contributed by atoms with Crippen molar-refractivity contribution in [3.8, 4) is 0 Å². The Bertz CT molecular complexity index is 373. The monoisotopic (exact) mass is 406 g/mol. The van der Waals surface area contributed by atoms with Gasteiger partial charge in [0.1, 0.15) is 0 Å². The predicted molar refractivity (Wildman–Crippen MR) is 128 cm³/mol. The van der Waals surface area contributed by atoms with Crippen molar-refractivity contribution in [3.63, 3.8) is 0 Å². The van der Waals surface area contributed by atoms with E-state index in [4.69, 9.17) is 0 Å². The van der Waals surface area contributed by atoms with Crippen molar-refractivity contribution in [1.82, 2.24) is 0 Å². The van der Waals surface area contributed by atoms with Crippen LogP contribution in [0.3, 0.4) is 0 Å². The van der Waals surface area contributed by atoms with Crippen molar-refractivity contribution < 1.29 is 9.53 Å². The van der Waals surface area contributed by atoms with Gasteiger partial charge in [0, 0.05) is 6.08 Å². The molecular weight excluding hydrogens is 356 g/mol. The Morgan fingerprint density at radius 3 is 1.31 bits per heavy atom. The van der Waals surface area contributed by atoms with Crippen LogP contribution in [-0.2, 0) is 9.53 Å². The van der Waals surface area contributed by atoms with Gasteiger partial charge in [-0.15, -0.1) is 0 Å². The highest BCUT2D eigenvalue weighted by atomic mass is 16.5. The number of ether oxygens (including phenoxy) is 1. The molecule has 0 fully saturated rings. The minimum atomic E-state index is -0.326. The van der Waals surface area contributed by atoms with Gasteiger partial charge in [-0.25, -0.2) is 4.79 Å². The summed E-state index contributed by atoms with van der Waals surface area (Å²) in [6.07, 6.45) is 33.6. The number of rotatable bonds is 23. The molecule has 0 aromatic heterocycles. The third kappa shape index (κ3) is 24.9. The lowest BCUT2D eigenvalue weighted by Crippen LogP contribution is -1.92. The molecule has 0 aliphatic rings. The van der Waals surface area contributed by atoms with E-state index in [0.29, 0.717) is 0 Å². The minimum Gasteiger partial charge on any atom is -0.432 e. The van der Waals surface area contributed by atoms with Gasteiger partial charge in [0.15, 0.2) is 0 Å². The summed E-state index contributed by atoms with van der Waals surface area (Å²) in [6.45, 7) is 5.65. The molecule has 0 heterocycles. The van der Waals surface area contributed by atoms with Crippen LogP contribution < -0.4 is 0 Å². The van der Waals surface area contributed by atoms with E-state index in [1.54, 1.807) is 0 Å². The second-order valence-electron chi connectivity index (χ2n) is 8.51. The topological polar surface area (TPSA) is 26.3 Å². The molecule has 29 heavy (non-hydrogen) atoms. The average molecular weight is 407 g/mol. The highest BCUT2D eigenvalue weighted by molar-refractivity contribution is 5.82. The van der Waals surface area contributed by atoms with Crippen molar-refractivity contribution in [2.24, 2.45) is 0 Å². The number of hydrogen-bond donors (Lipinski definition) is 0. The van der Waals surface area contributed by atoms with Crippen LogP contribution in [0.2, 0.25) is 0 Å². The van der Waals surface area contributed by atoms with Crippen LogP contribution in [0.25, 0.3) is 0 Å². The smallest absolute Gasteiger partial charge is 0.335 e. The molecule has 170 valence electrons. The second-order valence-corrected chi connectivity index (χ2v) is 8.51. The van der Waals surface area contributed by atoms with E-state index in [1.165, 1.54) is 134 Å². The van der Waals surface area contributed by atoms with E-state index < -0.39 is 0 Å². The molecule has 0 spiro atoms. The molecule has 2 heteroatoms. The zero-order chi connectivity index (χ0) is 21.3. The van der Waals surface area contributed by atoms with Gasteiger partial charge in [-0.05, 0) is 12.8 Å². The number of allylic oxidation sites excluding steroid dienone is 1. The first-order valence-electron chi connectivity index (χ1n) is 12.8. The predicted octanol–water partition coefficient (Wildman–Crippen LogP) is 9.44. The molecule has 0 saturated carbocycles. The van der Waals surface area contributed by atoms with Crippen molar-refractivity contribution in [2.75, 3.05) is 0 Å². The van der Waals surface area contributed by atoms with Gasteiger partial charge < -0.3 is 4.74 Å². The van der Waals surface area contributed by atoms with Gasteiger partial charge in [0.25, 0.3) is 0 Å². The molecule has 0 aliphatic carbocycles. The first-order valence-corrected chi connectivity index (χ1v) is 12.8. The molecule has 0 atom stereocenters. The molecule has 0 bridgehead atoms. The molecule has 0 N–H and O–H groups in total. The minimum absolute atomic E-state index is 0.326. The van der Waals surface area contributed by atoms with E-state index in [9.17, 15) is 4.79 Å². The first kappa shape index (κ1) is 27.9. The largest absolute Gasteiger partial charge is 0.432 e. The first-order chi connectivity index (χ1) is 14.3. The van der Waals surface area contributed by atoms with Gasteiger partial charge in [0.05, 0.1) is 6.26 Å². The molecule has 0 aromatic carbocycles. The Balaban J connectivity index is 3.08.